The first-order valence-corrected chi connectivity index (χ1v) is 12.9. The van der Waals surface area contributed by atoms with E-state index >= 15 is 0 Å². The Morgan fingerprint density at radius 3 is 1.69 bits per heavy atom. The fourth-order valence-electron chi connectivity index (χ4n) is 3.20. The van der Waals surface area contributed by atoms with Crippen LogP contribution in [0.2, 0.25) is 0 Å². The standard InChI is InChI=1S/C29H40N2O8/c1-29(2,3)39-28(34)30-14-16-35-18-19-36-17-15-31(20-26(32)37-22-24-10-6-4-7-11-24)21-27(33)38-23-25-12-8-5-9-13-25/h4-13H,14-23H2,1-3H3,(H,30,34). The van der Waals surface area contributed by atoms with Crippen LogP contribution in [0.4, 0.5) is 4.79 Å². The first-order valence-electron chi connectivity index (χ1n) is 12.9. The molecule has 10 nitrogen and oxygen atoms in total. The molecule has 0 aliphatic rings. The minimum absolute atomic E-state index is 0.0799. The maximum absolute atomic E-state index is 12.4. The number of carbonyl (C=O) groups is 3. The Balaban J connectivity index is 1.69. The summed E-state index contributed by atoms with van der Waals surface area (Å²) in [4.78, 5) is 38.1. The number of esters is 2. The highest BCUT2D eigenvalue weighted by Crippen LogP contribution is 2.06. The van der Waals surface area contributed by atoms with E-state index in [-0.39, 0.29) is 32.9 Å². The molecule has 39 heavy (non-hydrogen) atoms. The van der Waals surface area contributed by atoms with E-state index < -0.39 is 23.6 Å². The van der Waals surface area contributed by atoms with Crippen LogP contribution in [0.15, 0.2) is 60.7 Å². The molecule has 0 heterocycles. The van der Waals surface area contributed by atoms with Gasteiger partial charge in [-0.25, -0.2) is 4.79 Å². The predicted octanol–water partition coefficient (Wildman–Crippen LogP) is 3.33. The molecule has 2 aromatic rings. The van der Waals surface area contributed by atoms with Crippen LogP contribution in [-0.4, -0.2) is 81.1 Å². The van der Waals surface area contributed by atoms with Crippen molar-refractivity contribution in [2.45, 2.75) is 39.6 Å². The van der Waals surface area contributed by atoms with Crippen LogP contribution < -0.4 is 5.32 Å². The number of carbonyl (C=O) groups excluding carboxylic acids is 3. The van der Waals surface area contributed by atoms with Crippen molar-refractivity contribution in [2.24, 2.45) is 0 Å². The van der Waals surface area contributed by atoms with E-state index in [0.29, 0.717) is 32.9 Å². The van der Waals surface area contributed by atoms with Crippen molar-refractivity contribution in [3.8, 4) is 0 Å². The van der Waals surface area contributed by atoms with E-state index in [4.69, 9.17) is 23.7 Å². The predicted molar refractivity (Wildman–Crippen MR) is 145 cm³/mol. The zero-order valence-electron chi connectivity index (χ0n) is 23.1. The number of hydrogen-bond donors (Lipinski definition) is 1. The molecule has 0 aliphatic heterocycles. The third-order valence-corrected chi connectivity index (χ3v) is 5.03. The summed E-state index contributed by atoms with van der Waals surface area (Å²) in [6, 6.07) is 18.7. The van der Waals surface area contributed by atoms with Gasteiger partial charge in [0, 0.05) is 13.1 Å². The molecule has 0 fully saturated rings. The molecule has 0 atom stereocenters. The summed E-state index contributed by atoms with van der Waals surface area (Å²) < 4.78 is 26.9. The summed E-state index contributed by atoms with van der Waals surface area (Å²) in [6.07, 6.45) is -0.493. The second kappa shape index (κ2) is 17.9. The van der Waals surface area contributed by atoms with Crippen molar-refractivity contribution in [2.75, 3.05) is 52.6 Å². The van der Waals surface area contributed by atoms with E-state index in [1.807, 2.05) is 60.7 Å². The number of nitrogens with one attached hydrogen (secondary N) is 1. The van der Waals surface area contributed by atoms with Crippen molar-refractivity contribution in [3.05, 3.63) is 71.8 Å². The summed E-state index contributed by atoms with van der Waals surface area (Å²) in [6.45, 7) is 7.41. The van der Waals surface area contributed by atoms with Gasteiger partial charge in [0.1, 0.15) is 18.8 Å². The lowest BCUT2D eigenvalue weighted by molar-refractivity contribution is -0.150. The van der Waals surface area contributed by atoms with Crippen molar-refractivity contribution in [3.63, 3.8) is 0 Å². The van der Waals surface area contributed by atoms with E-state index in [0.717, 1.165) is 11.1 Å². The molecule has 0 bridgehead atoms. The summed E-state index contributed by atoms with van der Waals surface area (Å²) >= 11 is 0. The van der Waals surface area contributed by atoms with Crippen LogP contribution >= 0.6 is 0 Å². The molecule has 214 valence electrons. The zero-order chi connectivity index (χ0) is 28.3. The fourth-order valence-corrected chi connectivity index (χ4v) is 3.20. The molecule has 2 aromatic carbocycles. The van der Waals surface area contributed by atoms with E-state index in [1.54, 1.807) is 25.7 Å². The first kappa shape index (κ1) is 31.7. The summed E-state index contributed by atoms with van der Waals surface area (Å²) in [5, 5.41) is 2.61. The number of nitrogens with zero attached hydrogens (tertiary/aromatic N) is 1. The number of ether oxygens (including phenoxy) is 5. The van der Waals surface area contributed by atoms with Crippen LogP contribution in [-0.2, 0) is 46.5 Å². The van der Waals surface area contributed by atoms with Crippen LogP contribution in [0.3, 0.4) is 0 Å². The SMILES string of the molecule is CC(C)(C)OC(=O)NCCOCCOCCN(CC(=O)OCc1ccccc1)CC(=O)OCc1ccccc1. The van der Waals surface area contributed by atoms with Gasteiger partial charge in [0.15, 0.2) is 0 Å². The van der Waals surface area contributed by atoms with Crippen LogP contribution in [0.5, 0.6) is 0 Å². The Morgan fingerprint density at radius 1 is 0.718 bits per heavy atom. The fraction of sp³-hybridized carbons (Fsp3) is 0.483. The van der Waals surface area contributed by atoms with E-state index in [1.165, 1.54) is 0 Å². The van der Waals surface area contributed by atoms with E-state index in [2.05, 4.69) is 5.32 Å². The zero-order valence-corrected chi connectivity index (χ0v) is 23.1. The highest BCUT2D eigenvalue weighted by molar-refractivity contribution is 5.75. The Hall–Kier alpha value is -3.47. The molecule has 0 aliphatic carbocycles. The summed E-state index contributed by atoms with van der Waals surface area (Å²) in [7, 11) is 0. The number of rotatable bonds is 17. The minimum Gasteiger partial charge on any atom is -0.460 e. The summed E-state index contributed by atoms with van der Waals surface area (Å²) in [5.74, 6) is -0.897. The lowest BCUT2D eigenvalue weighted by atomic mass is 10.2. The van der Waals surface area contributed by atoms with Gasteiger partial charge in [0.25, 0.3) is 0 Å². The van der Waals surface area contributed by atoms with Gasteiger partial charge in [-0.05, 0) is 31.9 Å². The van der Waals surface area contributed by atoms with Gasteiger partial charge in [-0.2, -0.15) is 0 Å². The number of hydrogen-bond acceptors (Lipinski definition) is 9. The average Bonchev–Trinajstić information content (AvgIpc) is 2.90. The minimum atomic E-state index is -0.552. The van der Waals surface area contributed by atoms with Crippen LogP contribution in [0, 0.1) is 0 Å². The average molecular weight is 545 g/mol. The molecular formula is C29H40N2O8. The molecule has 0 aromatic heterocycles. The van der Waals surface area contributed by atoms with Crippen molar-refractivity contribution < 1.29 is 38.1 Å². The topological polar surface area (TPSA) is 113 Å². The molecule has 0 radical (unpaired) electrons. The number of amides is 1. The van der Waals surface area contributed by atoms with Crippen molar-refractivity contribution >= 4 is 18.0 Å². The molecule has 2 rings (SSSR count). The van der Waals surface area contributed by atoms with Crippen molar-refractivity contribution in [1.29, 1.82) is 0 Å². The van der Waals surface area contributed by atoms with Gasteiger partial charge in [0.2, 0.25) is 0 Å². The van der Waals surface area contributed by atoms with Crippen LogP contribution in [0.25, 0.3) is 0 Å². The number of benzene rings is 2. The Bertz CT molecular complexity index is 922. The normalized spacial score (nSPS) is 11.2. The Morgan fingerprint density at radius 2 is 1.21 bits per heavy atom. The summed E-state index contributed by atoms with van der Waals surface area (Å²) in [5.41, 5.74) is 1.21. The smallest absolute Gasteiger partial charge is 0.407 e. The second-order valence-corrected chi connectivity index (χ2v) is 9.66. The molecule has 0 saturated heterocycles. The molecule has 1 N–H and O–H groups in total. The number of alkyl carbamates (subject to hydrolysis) is 1. The highest BCUT2D eigenvalue weighted by Gasteiger charge is 2.17. The highest BCUT2D eigenvalue weighted by atomic mass is 16.6. The quantitative estimate of drug-likeness (QED) is 0.182. The Kier molecular flexibility index (Phi) is 14.6. The lowest BCUT2D eigenvalue weighted by Crippen LogP contribution is -2.38. The monoisotopic (exact) mass is 544 g/mol. The van der Waals surface area contributed by atoms with Gasteiger partial charge in [-0.1, -0.05) is 60.7 Å². The molecule has 0 saturated carbocycles. The second-order valence-electron chi connectivity index (χ2n) is 9.66. The molecule has 1 amide bonds. The molecule has 10 heteroatoms. The van der Waals surface area contributed by atoms with Gasteiger partial charge < -0.3 is 29.0 Å². The largest absolute Gasteiger partial charge is 0.460 e. The van der Waals surface area contributed by atoms with Crippen molar-refractivity contribution in [1.82, 2.24) is 10.2 Å². The van der Waals surface area contributed by atoms with Gasteiger partial charge in [-0.15, -0.1) is 0 Å². The van der Waals surface area contributed by atoms with Crippen LogP contribution in [0.1, 0.15) is 31.9 Å². The third kappa shape index (κ3) is 16.2. The van der Waals surface area contributed by atoms with Gasteiger partial charge >= 0.3 is 18.0 Å². The lowest BCUT2D eigenvalue weighted by Gasteiger charge is -2.20. The Labute approximate surface area is 230 Å². The third-order valence-electron chi connectivity index (χ3n) is 5.03. The maximum atomic E-state index is 12.4. The molecular weight excluding hydrogens is 504 g/mol. The van der Waals surface area contributed by atoms with Gasteiger partial charge in [-0.3, -0.25) is 14.5 Å². The van der Waals surface area contributed by atoms with Gasteiger partial charge in [0.05, 0.1) is 39.5 Å². The maximum Gasteiger partial charge on any atom is 0.407 e. The molecule has 0 spiro atoms. The van der Waals surface area contributed by atoms with E-state index in [9.17, 15) is 14.4 Å². The molecule has 0 unspecified atom stereocenters. The first-order chi connectivity index (χ1) is 18.7.